The maximum atomic E-state index is 12.8. The highest BCUT2D eigenvalue weighted by molar-refractivity contribution is 8.06. The molecule has 0 saturated carbocycles. The Bertz CT molecular complexity index is 698. The van der Waals surface area contributed by atoms with Crippen LogP contribution in [0.3, 0.4) is 0 Å². The van der Waals surface area contributed by atoms with Crippen molar-refractivity contribution in [3.8, 4) is 0 Å². The molecule has 0 radical (unpaired) electrons. The molecule has 13 heteroatoms. The van der Waals surface area contributed by atoms with Gasteiger partial charge in [-0.25, -0.2) is 8.42 Å². The highest BCUT2D eigenvalue weighted by atomic mass is 32.2. The number of nitrogens with one attached hydrogen (secondary N) is 2. The molecule has 1 aliphatic rings. The van der Waals surface area contributed by atoms with Crippen molar-refractivity contribution in [2.24, 2.45) is 5.16 Å². The van der Waals surface area contributed by atoms with Gasteiger partial charge in [0.1, 0.15) is 11.3 Å². The molecule has 0 aromatic heterocycles. The fourth-order valence-electron chi connectivity index (χ4n) is 1.84. The Morgan fingerprint density at radius 3 is 2.36 bits per heavy atom. The first-order valence-electron chi connectivity index (χ1n) is 6.69. The van der Waals surface area contributed by atoms with Crippen molar-refractivity contribution in [3.05, 3.63) is 11.5 Å². The highest BCUT2D eigenvalue weighted by Gasteiger charge is 2.43. The van der Waals surface area contributed by atoms with Crippen molar-refractivity contribution in [2.75, 3.05) is 12.8 Å². The Kier molecular flexibility index (Phi) is 6.03. The fourth-order valence-corrected chi connectivity index (χ4v) is 3.38. The number of alkyl halides is 5. The van der Waals surface area contributed by atoms with E-state index in [0.717, 1.165) is 7.05 Å². The average Bonchev–Trinajstić information content (AvgIpc) is 2.81. The molecule has 0 aromatic carbocycles. The van der Waals surface area contributed by atoms with E-state index in [4.69, 9.17) is 10.2 Å². The Morgan fingerprint density at radius 2 is 2.00 bits per heavy atom. The van der Waals surface area contributed by atoms with E-state index in [2.05, 4.69) is 9.89 Å². The summed E-state index contributed by atoms with van der Waals surface area (Å²) >= 11 is 0. The van der Waals surface area contributed by atoms with E-state index in [9.17, 15) is 30.4 Å². The molecule has 25 heavy (non-hydrogen) atoms. The molecule has 1 rings (SSSR count). The van der Waals surface area contributed by atoms with Crippen LogP contribution in [0, 0.1) is 5.41 Å². The van der Waals surface area contributed by atoms with Crippen LogP contribution in [0.15, 0.2) is 16.6 Å². The Balaban J connectivity index is 3.30. The normalized spacial score (nSPS) is 18.4. The third-order valence-electron chi connectivity index (χ3n) is 2.96. The van der Waals surface area contributed by atoms with Crippen molar-refractivity contribution in [3.63, 3.8) is 0 Å². The minimum Gasteiger partial charge on any atom is -0.419 e. The van der Waals surface area contributed by atoms with Gasteiger partial charge in [-0.05, 0) is 13.8 Å². The van der Waals surface area contributed by atoms with E-state index in [1.54, 1.807) is 0 Å². The van der Waals surface area contributed by atoms with Crippen LogP contribution in [0.4, 0.5) is 22.0 Å². The molecule has 1 aliphatic heterocycles. The lowest BCUT2D eigenvalue weighted by atomic mass is 10.1. The maximum Gasteiger partial charge on any atom is 0.433 e. The molecule has 0 aromatic rings. The van der Waals surface area contributed by atoms with E-state index in [0.29, 0.717) is 0 Å². The van der Waals surface area contributed by atoms with E-state index in [-0.39, 0.29) is 6.42 Å². The largest absolute Gasteiger partial charge is 0.433 e. The fraction of sp³-hybridized carbons (Fsp3) is 0.667. The summed E-state index contributed by atoms with van der Waals surface area (Å²) in [6.07, 6.45) is -5.49. The number of rotatable bonds is 6. The zero-order valence-electron chi connectivity index (χ0n) is 13.4. The van der Waals surface area contributed by atoms with Crippen molar-refractivity contribution in [1.82, 2.24) is 5.32 Å². The molecule has 0 spiro atoms. The number of hydrogen-bond acceptors (Lipinski definition) is 7. The number of hydrogen-bond donors (Lipinski definition) is 2. The first kappa shape index (κ1) is 21.1. The molecule has 0 fully saturated rings. The zero-order chi connectivity index (χ0) is 19.6. The van der Waals surface area contributed by atoms with Crippen LogP contribution in [0.1, 0.15) is 20.3 Å². The average molecular weight is 393 g/mol. The van der Waals surface area contributed by atoms with Crippen molar-refractivity contribution >= 4 is 20.6 Å². The lowest BCUT2D eigenvalue weighted by molar-refractivity contribution is -0.102. The van der Waals surface area contributed by atoms with Gasteiger partial charge >= 0.3 is 12.8 Å². The van der Waals surface area contributed by atoms with Gasteiger partial charge < -0.3 is 14.9 Å². The van der Waals surface area contributed by atoms with E-state index < -0.39 is 56.2 Å². The zero-order valence-corrected chi connectivity index (χ0v) is 14.2. The molecule has 0 bridgehead atoms. The third-order valence-corrected chi connectivity index (χ3v) is 4.56. The SMILES string of the molecule is CN/C(OC(F)F)=C(/CS(=O)(=O)C1=NOC(C)(C)C1)C(=N)C(F)(F)F. The maximum absolute atomic E-state index is 12.8. The van der Waals surface area contributed by atoms with Gasteiger partial charge in [0.05, 0.1) is 11.3 Å². The molecule has 0 amide bonds. The monoisotopic (exact) mass is 393 g/mol. The standard InChI is InChI=1S/C12H16F5N3O4S/c1-11(2)4-7(20-24-11)25(21,22)5-6(8(18)12(15,16)17)9(19-3)23-10(13)14/h10,18-19H,4-5H2,1-3H3/b9-6+,18-8?. The second-order valence-corrected chi connectivity index (χ2v) is 7.57. The lowest BCUT2D eigenvalue weighted by Crippen LogP contribution is -2.33. The molecule has 0 aliphatic carbocycles. The van der Waals surface area contributed by atoms with Crippen molar-refractivity contribution in [1.29, 1.82) is 5.41 Å². The Hall–Kier alpha value is -1.92. The second-order valence-electron chi connectivity index (χ2n) is 5.58. The molecule has 0 saturated heterocycles. The first-order valence-corrected chi connectivity index (χ1v) is 8.34. The quantitative estimate of drug-likeness (QED) is 0.409. The minimum atomic E-state index is -5.27. The number of nitrogens with zero attached hydrogens (tertiary/aromatic N) is 1. The van der Waals surface area contributed by atoms with Gasteiger partial charge in [0.2, 0.25) is 0 Å². The molecule has 0 unspecified atom stereocenters. The lowest BCUT2D eigenvalue weighted by Gasteiger charge is -2.18. The van der Waals surface area contributed by atoms with E-state index in [1.165, 1.54) is 13.8 Å². The van der Waals surface area contributed by atoms with Crippen LogP contribution in [0.25, 0.3) is 0 Å². The topological polar surface area (TPSA) is 101 Å². The van der Waals surface area contributed by atoms with Gasteiger partial charge in [0.25, 0.3) is 0 Å². The highest BCUT2D eigenvalue weighted by Crippen LogP contribution is 2.28. The van der Waals surface area contributed by atoms with Crippen LogP contribution in [0.2, 0.25) is 0 Å². The molecule has 1 heterocycles. The molecular formula is C12H16F5N3O4S. The summed E-state index contributed by atoms with van der Waals surface area (Å²) in [5.41, 5.74) is -4.39. The molecule has 0 atom stereocenters. The van der Waals surface area contributed by atoms with Crippen LogP contribution in [0.5, 0.6) is 0 Å². The van der Waals surface area contributed by atoms with Crippen LogP contribution < -0.4 is 5.32 Å². The van der Waals surface area contributed by atoms with Crippen LogP contribution in [-0.4, -0.2) is 50.4 Å². The number of ether oxygens (including phenoxy) is 1. The molecular weight excluding hydrogens is 377 g/mol. The second kappa shape index (κ2) is 7.14. The van der Waals surface area contributed by atoms with Gasteiger partial charge in [-0.3, -0.25) is 5.41 Å². The summed E-state index contributed by atoms with van der Waals surface area (Å²) in [6.45, 7) is -0.508. The van der Waals surface area contributed by atoms with E-state index >= 15 is 0 Å². The van der Waals surface area contributed by atoms with Crippen molar-refractivity contribution in [2.45, 2.75) is 38.7 Å². The van der Waals surface area contributed by atoms with E-state index in [1.807, 2.05) is 5.32 Å². The number of sulfone groups is 1. The van der Waals surface area contributed by atoms with Gasteiger partial charge in [-0.1, -0.05) is 5.16 Å². The van der Waals surface area contributed by atoms with Gasteiger partial charge in [-0.2, -0.15) is 22.0 Å². The predicted octanol–water partition coefficient (Wildman–Crippen LogP) is 2.17. The Morgan fingerprint density at radius 1 is 1.44 bits per heavy atom. The summed E-state index contributed by atoms with van der Waals surface area (Å²) in [5.74, 6) is -2.58. The first-order chi connectivity index (χ1) is 11.2. The summed E-state index contributed by atoms with van der Waals surface area (Å²) in [6, 6.07) is 0. The van der Waals surface area contributed by atoms with Crippen LogP contribution >= 0.6 is 0 Å². The van der Waals surface area contributed by atoms with Gasteiger partial charge in [0.15, 0.2) is 20.8 Å². The third kappa shape index (κ3) is 5.54. The van der Waals surface area contributed by atoms with Gasteiger partial charge in [-0.15, -0.1) is 0 Å². The predicted molar refractivity (Wildman–Crippen MR) is 78.0 cm³/mol. The summed E-state index contributed by atoms with van der Waals surface area (Å²) < 4.78 is 91.7. The number of oxime groups is 1. The minimum absolute atomic E-state index is 0.216. The molecule has 7 nitrogen and oxygen atoms in total. The Labute approximate surface area is 140 Å². The smallest absolute Gasteiger partial charge is 0.419 e. The molecule has 2 N–H and O–H groups in total. The summed E-state index contributed by atoms with van der Waals surface area (Å²) in [5, 5.41) is 11.8. The molecule has 144 valence electrons. The van der Waals surface area contributed by atoms with Crippen molar-refractivity contribution < 1.29 is 39.9 Å². The number of halogens is 5. The van der Waals surface area contributed by atoms with Crippen LogP contribution in [-0.2, 0) is 19.4 Å². The van der Waals surface area contributed by atoms with Gasteiger partial charge in [0, 0.05) is 13.5 Å². The summed E-state index contributed by atoms with van der Waals surface area (Å²) in [7, 11) is -3.51. The summed E-state index contributed by atoms with van der Waals surface area (Å²) in [4.78, 5) is 4.85.